The highest BCUT2D eigenvalue weighted by molar-refractivity contribution is 6.39. The second-order valence-electron chi connectivity index (χ2n) is 6.30. The van der Waals surface area contributed by atoms with Crippen molar-refractivity contribution in [2.45, 2.75) is 25.3 Å². The number of nitrogens with two attached hydrogens (primary N) is 1. The van der Waals surface area contributed by atoms with Crippen LogP contribution >= 0.6 is 23.2 Å². The van der Waals surface area contributed by atoms with Crippen LogP contribution in [0.1, 0.15) is 28.8 Å². The molecule has 0 aliphatic heterocycles. The first-order valence-electron chi connectivity index (χ1n) is 8.96. The topological polar surface area (TPSA) is 122 Å². The standard InChI is InChI=1S/C20H22Cl2N2O5/c21-14-11-13(17(25)16(22)18(14)29-9-5-4-8-23)19(26)24-15(20(27)28)10-12-6-2-1-3-7-12/h1-3,6-7,11,15,25H,4-5,8-10,23H2,(H,24,26)(H,27,28). The lowest BCUT2D eigenvalue weighted by atomic mass is 10.1. The molecule has 5 N–H and O–H groups in total. The van der Waals surface area contributed by atoms with Gasteiger partial charge in [-0.25, -0.2) is 4.79 Å². The molecule has 0 saturated carbocycles. The van der Waals surface area contributed by atoms with Crippen LogP contribution < -0.4 is 15.8 Å². The SMILES string of the molecule is NCCCCOc1c(Cl)cc(C(=O)NC(Cc2ccccc2)C(=O)O)c(O)c1Cl. The number of rotatable bonds is 10. The lowest BCUT2D eigenvalue weighted by molar-refractivity contribution is -0.139. The van der Waals surface area contributed by atoms with Gasteiger partial charge >= 0.3 is 5.97 Å². The van der Waals surface area contributed by atoms with Crippen molar-refractivity contribution < 1.29 is 24.5 Å². The van der Waals surface area contributed by atoms with Crippen molar-refractivity contribution in [3.05, 3.63) is 57.6 Å². The maximum atomic E-state index is 12.6. The highest BCUT2D eigenvalue weighted by atomic mass is 35.5. The maximum Gasteiger partial charge on any atom is 0.326 e. The van der Waals surface area contributed by atoms with Crippen LogP contribution in [-0.4, -0.2) is 41.3 Å². The van der Waals surface area contributed by atoms with E-state index in [2.05, 4.69) is 5.32 Å². The number of carboxylic acids is 1. The van der Waals surface area contributed by atoms with Crippen molar-refractivity contribution in [2.24, 2.45) is 5.73 Å². The zero-order valence-electron chi connectivity index (χ0n) is 15.5. The van der Waals surface area contributed by atoms with Gasteiger partial charge in [0.05, 0.1) is 17.2 Å². The van der Waals surface area contributed by atoms with E-state index in [-0.39, 0.29) is 27.8 Å². The van der Waals surface area contributed by atoms with E-state index in [1.54, 1.807) is 30.3 Å². The second kappa shape index (κ2) is 10.9. The Morgan fingerprint density at radius 3 is 2.48 bits per heavy atom. The third kappa shape index (κ3) is 6.25. The zero-order valence-corrected chi connectivity index (χ0v) is 17.0. The van der Waals surface area contributed by atoms with Crippen molar-refractivity contribution in [1.82, 2.24) is 5.32 Å². The molecular weight excluding hydrogens is 419 g/mol. The Hall–Kier alpha value is -2.48. The van der Waals surface area contributed by atoms with Gasteiger partial charge < -0.3 is 26.0 Å². The average Bonchev–Trinajstić information content (AvgIpc) is 2.70. The highest BCUT2D eigenvalue weighted by Crippen LogP contribution is 2.42. The zero-order chi connectivity index (χ0) is 21.4. The van der Waals surface area contributed by atoms with E-state index in [0.717, 1.165) is 12.0 Å². The minimum Gasteiger partial charge on any atom is -0.505 e. The van der Waals surface area contributed by atoms with E-state index in [4.69, 9.17) is 33.7 Å². The highest BCUT2D eigenvalue weighted by Gasteiger charge is 2.26. The number of phenolic OH excluding ortho intramolecular Hbond substituents is 1. The van der Waals surface area contributed by atoms with Crippen LogP contribution in [0.15, 0.2) is 36.4 Å². The van der Waals surface area contributed by atoms with E-state index in [1.807, 2.05) is 0 Å². The Morgan fingerprint density at radius 2 is 1.86 bits per heavy atom. The van der Waals surface area contributed by atoms with Gasteiger partial charge in [-0.05, 0) is 31.0 Å². The molecule has 156 valence electrons. The van der Waals surface area contributed by atoms with Gasteiger partial charge in [-0.15, -0.1) is 0 Å². The number of ether oxygens (including phenoxy) is 1. The minimum atomic E-state index is -1.21. The number of carbonyl (C=O) groups excluding carboxylic acids is 1. The third-order valence-corrected chi connectivity index (χ3v) is 4.76. The Bertz CT molecular complexity index is 862. The largest absolute Gasteiger partial charge is 0.505 e. The van der Waals surface area contributed by atoms with E-state index in [0.29, 0.717) is 19.6 Å². The summed E-state index contributed by atoms with van der Waals surface area (Å²) in [6, 6.07) is 8.85. The maximum absolute atomic E-state index is 12.6. The number of amides is 1. The summed E-state index contributed by atoms with van der Waals surface area (Å²) in [7, 11) is 0. The molecule has 7 nitrogen and oxygen atoms in total. The molecule has 0 radical (unpaired) electrons. The Kier molecular flexibility index (Phi) is 8.57. The molecule has 0 fully saturated rings. The summed E-state index contributed by atoms with van der Waals surface area (Å²) in [4.78, 5) is 24.1. The lowest BCUT2D eigenvalue weighted by Gasteiger charge is -2.17. The number of hydrogen-bond acceptors (Lipinski definition) is 5. The fourth-order valence-electron chi connectivity index (χ4n) is 2.60. The molecule has 29 heavy (non-hydrogen) atoms. The third-order valence-electron chi connectivity index (χ3n) is 4.13. The second-order valence-corrected chi connectivity index (χ2v) is 7.08. The normalized spacial score (nSPS) is 11.7. The number of nitrogens with one attached hydrogen (secondary N) is 1. The van der Waals surface area contributed by atoms with Gasteiger partial charge in [-0.1, -0.05) is 53.5 Å². The lowest BCUT2D eigenvalue weighted by Crippen LogP contribution is -2.42. The summed E-state index contributed by atoms with van der Waals surface area (Å²) in [5.74, 6) is -2.51. The van der Waals surface area contributed by atoms with Gasteiger partial charge in [0, 0.05) is 6.42 Å². The van der Waals surface area contributed by atoms with Crippen LogP contribution in [0.4, 0.5) is 0 Å². The van der Waals surface area contributed by atoms with Crippen molar-refractivity contribution >= 4 is 35.1 Å². The quantitative estimate of drug-likeness (QED) is 0.420. The van der Waals surface area contributed by atoms with E-state index in [1.165, 1.54) is 6.07 Å². The molecule has 0 spiro atoms. The van der Waals surface area contributed by atoms with Crippen LogP contribution in [0.2, 0.25) is 10.0 Å². The van der Waals surface area contributed by atoms with Crippen molar-refractivity contribution in [2.75, 3.05) is 13.2 Å². The number of halogens is 2. The van der Waals surface area contributed by atoms with Crippen molar-refractivity contribution in [3.8, 4) is 11.5 Å². The van der Waals surface area contributed by atoms with Gasteiger partial charge in [0.15, 0.2) is 11.5 Å². The molecule has 0 aromatic heterocycles. The molecule has 1 unspecified atom stereocenters. The molecule has 2 aromatic carbocycles. The number of phenols is 1. The first-order valence-corrected chi connectivity index (χ1v) is 9.72. The number of benzene rings is 2. The van der Waals surface area contributed by atoms with Crippen LogP contribution in [0.25, 0.3) is 0 Å². The molecule has 0 heterocycles. The Morgan fingerprint density at radius 1 is 1.17 bits per heavy atom. The van der Waals surface area contributed by atoms with E-state index in [9.17, 15) is 19.8 Å². The monoisotopic (exact) mass is 440 g/mol. The van der Waals surface area contributed by atoms with Crippen LogP contribution in [-0.2, 0) is 11.2 Å². The Balaban J connectivity index is 2.17. The van der Waals surface area contributed by atoms with Gasteiger partial charge in [0.1, 0.15) is 11.1 Å². The molecule has 0 saturated heterocycles. The summed E-state index contributed by atoms with van der Waals surface area (Å²) in [5, 5.41) is 22.0. The molecule has 0 aliphatic carbocycles. The predicted molar refractivity (Wildman–Crippen MR) is 111 cm³/mol. The Labute approximate surface area is 178 Å². The first kappa shape index (κ1) is 22.8. The minimum absolute atomic E-state index is 0.0284. The van der Waals surface area contributed by atoms with Gasteiger partial charge in [-0.3, -0.25) is 4.79 Å². The molecule has 1 amide bonds. The summed E-state index contributed by atoms with van der Waals surface area (Å²) in [6.07, 6.45) is 1.50. The molecule has 9 heteroatoms. The molecule has 2 rings (SSSR count). The van der Waals surface area contributed by atoms with Crippen LogP contribution in [0.3, 0.4) is 0 Å². The smallest absolute Gasteiger partial charge is 0.326 e. The number of carboxylic acid groups (broad SMARTS) is 1. The van der Waals surface area contributed by atoms with Crippen LogP contribution in [0, 0.1) is 0 Å². The first-order chi connectivity index (χ1) is 13.8. The summed E-state index contributed by atoms with van der Waals surface area (Å²) in [5.41, 5.74) is 5.92. The molecule has 0 bridgehead atoms. The molecule has 2 aromatic rings. The summed E-state index contributed by atoms with van der Waals surface area (Å²) in [6.45, 7) is 0.808. The summed E-state index contributed by atoms with van der Waals surface area (Å²) >= 11 is 12.3. The van der Waals surface area contributed by atoms with E-state index >= 15 is 0 Å². The number of unbranched alkanes of at least 4 members (excludes halogenated alkanes) is 1. The van der Waals surface area contributed by atoms with Gasteiger partial charge in [0.2, 0.25) is 0 Å². The fourth-order valence-corrected chi connectivity index (χ4v) is 3.17. The molecule has 0 aliphatic rings. The number of hydrogen-bond donors (Lipinski definition) is 4. The molecule has 1 atom stereocenters. The fraction of sp³-hybridized carbons (Fsp3) is 0.300. The van der Waals surface area contributed by atoms with E-state index < -0.39 is 23.7 Å². The number of carbonyl (C=O) groups is 2. The van der Waals surface area contributed by atoms with Gasteiger partial charge in [0.25, 0.3) is 5.91 Å². The summed E-state index contributed by atoms with van der Waals surface area (Å²) < 4.78 is 5.48. The van der Waals surface area contributed by atoms with Gasteiger partial charge in [-0.2, -0.15) is 0 Å². The predicted octanol–water partition coefficient (Wildman–Crippen LogP) is 3.24. The average molecular weight is 441 g/mol. The number of aromatic hydroxyl groups is 1. The van der Waals surface area contributed by atoms with Crippen LogP contribution in [0.5, 0.6) is 11.5 Å². The molecular formula is C20H22Cl2N2O5. The van der Waals surface area contributed by atoms with Crippen molar-refractivity contribution in [1.29, 1.82) is 0 Å². The number of aliphatic carboxylic acids is 1. The van der Waals surface area contributed by atoms with Crippen molar-refractivity contribution in [3.63, 3.8) is 0 Å².